The van der Waals surface area contributed by atoms with Gasteiger partial charge in [0.2, 0.25) is 5.91 Å². The number of carbonyl (C=O) groups excluding carboxylic acids is 4. The first-order valence-corrected chi connectivity index (χ1v) is 9.44. The summed E-state index contributed by atoms with van der Waals surface area (Å²) in [5, 5.41) is 2.32. The van der Waals surface area contributed by atoms with E-state index in [1.807, 2.05) is 17.9 Å². The van der Waals surface area contributed by atoms with Crippen molar-refractivity contribution in [1.82, 2.24) is 10.2 Å². The predicted octanol–water partition coefficient (Wildman–Crippen LogP) is 2.27. The van der Waals surface area contributed by atoms with Gasteiger partial charge in [-0.05, 0) is 49.8 Å². The van der Waals surface area contributed by atoms with E-state index < -0.39 is 6.03 Å². The summed E-state index contributed by atoms with van der Waals surface area (Å²) in [6.07, 6.45) is 4.50. The zero-order valence-corrected chi connectivity index (χ0v) is 15.6. The van der Waals surface area contributed by atoms with E-state index in [0.717, 1.165) is 31.1 Å². The number of aldehydes is 1. The molecule has 0 aromatic heterocycles. The molecule has 1 N–H and O–H groups in total. The Kier molecular flexibility index (Phi) is 5.88. The largest absolute Gasteiger partial charge is 0.339 e. The molecule has 144 valence electrons. The van der Waals surface area contributed by atoms with Crippen molar-refractivity contribution in [3.8, 4) is 0 Å². The third-order valence-corrected chi connectivity index (χ3v) is 5.40. The smallest absolute Gasteiger partial charge is 0.328 e. The van der Waals surface area contributed by atoms with Crippen LogP contribution in [0.5, 0.6) is 0 Å². The molecule has 0 aliphatic carbocycles. The summed E-state index contributed by atoms with van der Waals surface area (Å²) < 4.78 is 0. The van der Waals surface area contributed by atoms with Gasteiger partial charge >= 0.3 is 6.03 Å². The second kappa shape index (κ2) is 8.33. The normalized spacial score (nSPS) is 18.4. The number of likely N-dealkylation sites (tertiary alicyclic amines) is 1. The van der Waals surface area contributed by atoms with Crippen LogP contribution >= 0.6 is 0 Å². The number of hydrogen-bond acceptors (Lipinski definition) is 4. The van der Waals surface area contributed by atoms with Crippen LogP contribution < -0.4 is 10.2 Å². The highest BCUT2D eigenvalue weighted by molar-refractivity contribution is 6.06. The van der Waals surface area contributed by atoms with Gasteiger partial charge in [0.05, 0.1) is 0 Å². The number of aryl methyl sites for hydroxylation is 1. The molecule has 1 aromatic rings. The topological polar surface area (TPSA) is 86.8 Å². The fourth-order valence-corrected chi connectivity index (χ4v) is 3.74. The van der Waals surface area contributed by atoms with Crippen molar-refractivity contribution in [2.75, 3.05) is 24.5 Å². The Morgan fingerprint density at radius 1 is 1.22 bits per heavy atom. The average molecular weight is 371 g/mol. The van der Waals surface area contributed by atoms with E-state index in [1.165, 1.54) is 4.90 Å². The number of carbonyl (C=O) groups is 4. The summed E-state index contributed by atoms with van der Waals surface area (Å²) in [4.78, 5) is 50.3. The third kappa shape index (κ3) is 4.35. The van der Waals surface area contributed by atoms with Crippen LogP contribution in [0.1, 0.15) is 48.0 Å². The second-order valence-electron chi connectivity index (χ2n) is 7.24. The molecule has 0 bridgehead atoms. The minimum Gasteiger partial charge on any atom is -0.339 e. The maximum absolute atomic E-state index is 12.9. The summed E-state index contributed by atoms with van der Waals surface area (Å²) in [7, 11) is 0. The summed E-state index contributed by atoms with van der Waals surface area (Å²) in [5.41, 5.74) is 2.09. The van der Waals surface area contributed by atoms with E-state index in [9.17, 15) is 19.2 Å². The number of nitrogens with zero attached hydrogens (tertiary/aromatic N) is 2. The molecule has 2 heterocycles. The van der Waals surface area contributed by atoms with Crippen molar-refractivity contribution < 1.29 is 19.2 Å². The molecular formula is C20H25N3O4. The predicted molar refractivity (Wildman–Crippen MR) is 101 cm³/mol. The van der Waals surface area contributed by atoms with Crippen LogP contribution in [0.15, 0.2) is 18.2 Å². The maximum atomic E-state index is 12.9. The molecule has 7 heteroatoms. The molecule has 3 rings (SSSR count). The number of nitrogens with one attached hydrogen (secondary N) is 1. The minimum atomic E-state index is -0.449. The van der Waals surface area contributed by atoms with E-state index in [1.54, 1.807) is 12.1 Å². The van der Waals surface area contributed by atoms with Crippen molar-refractivity contribution in [3.63, 3.8) is 0 Å². The highest BCUT2D eigenvalue weighted by atomic mass is 16.2. The van der Waals surface area contributed by atoms with Crippen LogP contribution in [0, 0.1) is 12.8 Å². The molecule has 0 unspecified atom stereocenters. The standard InChI is InChI=1S/C20H25N3O4/c1-14-4-5-16(13-17(14)23-11-8-18(25)21-20(23)27)19(26)22-9-6-15(7-10-22)3-2-12-24/h4-5,12-13,15H,2-3,6-11H2,1H3,(H,21,25,27). The molecule has 1 aromatic carbocycles. The van der Waals surface area contributed by atoms with Crippen LogP contribution in [0.3, 0.4) is 0 Å². The lowest BCUT2D eigenvalue weighted by Gasteiger charge is -2.32. The van der Waals surface area contributed by atoms with Gasteiger partial charge in [-0.25, -0.2) is 4.79 Å². The van der Waals surface area contributed by atoms with Crippen LogP contribution in [0.4, 0.5) is 10.5 Å². The minimum absolute atomic E-state index is 0.0430. The van der Waals surface area contributed by atoms with Crippen molar-refractivity contribution >= 4 is 29.8 Å². The quantitative estimate of drug-likeness (QED) is 0.805. The van der Waals surface area contributed by atoms with E-state index in [4.69, 9.17) is 0 Å². The van der Waals surface area contributed by atoms with E-state index in [-0.39, 0.29) is 18.2 Å². The summed E-state index contributed by atoms with van der Waals surface area (Å²) >= 11 is 0. The number of amides is 4. The number of piperidine rings is 1. The lowest BCUT2D eigenvalue weighted by Crippen LogP contribution is -2.49. The van der Waals surface area contributed by atoms with E-state index >= 15 is 0 Å². The SMILES string of the molecule is Cc1ccc(C(=O)N2CCC(CCC=O)CC2)cc1N1CCC(=O)NC1=O. The summed E-state index contributed by atoms with van der Waals surface area (Å²) in [5.74, 6) is 0.180. The van der Waals surface area contributed by atoms with Gasteiger partial charge in [0.1, 0.15) is 6.29 Å². The molecule has 2 fully saturated rings. The molecular weight excluding hydrogens is 346 g/mol. The van der Waals surface area contributed by atoms with Crippen molar-refractivity contribution in [2.45, 2.75) is 39.0 Å². The first-order chi connectivity index (χ1) is 13.0. The Morgan fingerprint density at radius 2 is 1.96 bits per heavy atom. The number of rotatable bonds is 5. The Labute approximate surface area is 158 Å². The maximum Gasteiger partial charge on any atom is 0.328 e. The molecule has 2 aliphatic heterocycles. The Morgan fingerprint density at radius 3 is 2.63 bits per heavy atom. The monoisotopic (exact) mass is 371 g/mol. The van der Waals surface area contributed by atoms with Gasteiger partial charge in [-0.15, -0.1) is 0 Å². The van der Waals surface area contributed by atoms with Gasteiger partial charge in [-0.1, -0.05) is 6.07 Å². The molecule has 27 heavy (non-hydrogen) atoms. The van der Waals surface area contributed by atoms with Crippen molar-refractivity contribution in [2.24, 2.45) is 5.92 Å². The van der Waals surface area contributed by atoms with Gasteiger partial charge in [-0.3, -0.25) is 19.8 Å². The first kappa shape index (κ1) is 19.1. The highest BCUT2D eigenvalue weighted by Crippen LogP contribution is 2.26. The Balaban J connectivity index is 1.70. The number of hydrogen-bond donors (Lipinski definition) is 1. The van der Waals surface area contributed by atoms with Gasteiger partial charge in [-0.2, -0.15) is 0 Å². The Hall–Kier alpha value is -2.70. The van der Waals surface area contributed by atoms with Gasteiger partial charge in [0, 0.05) is 43.7 Å². The lowest BCUT2D eigenvalue weighted by molar-refractivity contribution is -0.120. The summed E-state index contributed by atoms with van der Waals surface area (Å²) in [6, 6.07) is 4.91. The first-order valence-electron chi connectivity index (χ1n) is 9.44. The van der Waals surface area contributed by atoms with Crippen LogP contribution in [0.25, 0.3) is 0 Å². The van der Waals surface area contributed by atoms with Crippen LogP contribution in [-0.2, 0) is 9.59 Å². The molecule has 0 radical (unpaired) electrons. The molecule has 2 saturated heterocycles. The average Bonchev–Trinajstić information content (AvgIpc) is 2.67. The van der Waals surface area contributed by atoms with Gasteiger partial charge < -0.3 is 9.69 Å². The van der Waals surface area contributed by atoms with Crippen LogP contribution in [-0.4, -0.2) is 48.7 Å². The number of urea groups is 1. The molecule has 0 atom stereocenters. The van der Waals surface area contributed by atoms with E-state index in [2.05, 4.69) is 5.32 Å². The number of imide groups is 1. The Bertz CT molecular complexity index is 754. The molecule has 2 aliphatic rings. The fourth-order valence-electron chi connectivity index (χ4n) is 3.74. The van der Waals surface area contributed by atoms with Crippen molar-refractivity contribution in [1.29, 1.82) is 0 Å². The summed E-state index contributed by atoms with van der Waals surface area (Å²) in [6.45, 7) is 3.56. The highest BCUT2D eigenvalue weighted by Gasteiger charge is 2.27. The second-order valence-corrected chi connectivity index (χ2v) is 7.24. The van der Waals surface area contributed by atoms with Gasteiger partial charge in [0.15, 0.2) is 0 Å². The van der Waals surface area contributed by atoms with Crippen LogP contribution in [0.2, 0.25) is 0 Å². The molecule has 0 saturated carbocycles. The lowest BCUT2D eigenvalue weighted by atomic mass is 9.92. The fraction of sp³-hybridized carbons (Fsp3) is 0.500. The molecule has 7 nitrogen and oxygen atoms in total. The zero-order valence-electron chi connectivity index (χ0n) is 15.6. The third-order valence-electron chi connectivity index (χ3n) is 5.40. The molecule has 4 amide bonds. The molecule has 0 spiro atoms. The zero-order chi connectivity index (χ0) is 19.4. The number of anilines is 1. The number of benzene rings is 1. The van der Waals surface area contributed by atoms with Crippen molar-refractivity contribution in [3.05, 3.63) is 29.3 Å². The van der Waals surface area contributed by atoms with E-state index in [0.29, 0.717) is 43.2 Å². The van der Waals surface area contributed by atoms with Gasteiger partial charge in [0.25, 0.3) is 5.91 Å².